The summed E-state index contributed by atoms with van der Waals surface area (Å²) in [6.07, 6.45) is 1.97. The van der Waals surface area contributed by atoms with Crippen molar-refractivity contribution < 1.29 is 29.0 Å². The van der Waals surface area contributed by atoms with Crippen molar-refractivity contribution in [1.82, 2.24) is 10.6 Å². The van der Waals surface area contributed by atoms with Crippen LogP contribution in [0.15, 0.2) is 48.5 Å². The number of amides is 2. The Morgan fingerprint density at radius 3 is 2.40 bits per heavy atom. The van der Waals surface area contributed by atoms with Gasteiger partial charge in [-0.05, 0) is 53.4 Å². The van der Waals surface area contributed by atoms with Gasteiger partial charge in [0.05, 0.1) is 19.1 Å². The number of fused-ring (bicyclic) bond motifs is 5. The zero-order valence-corrected chi connectivity index (χ0v) is 19.4. The second-order valence-corrected chi connectivity index (χ2v) is 9.65. The molecule has 1 heterocycles. The summed E-state index contributed by atoms with van der Waals surface area (Å²) in [4.78, 5) is 36.7. The number of hydrogen-bond donors (Lipinski definition) is 3. The lowest BCUT2D eigenvalue weighted by Crippen LogP contribution is -2.49. The first-order valence-corrected chi connectivity index (χ1v) is 12.2. The lowest BCUT2D eigenvalue weighted by atomic mass is 9.80. The second-order valence-electron chi connectivity index (χ2n) is 9.65. The van der Waals surface area contributed by atoms with Crippen LogP contribution in [0.5, 0.6) is 0 Å². The molecule has 2 amide bonds. The van der Waals surface area contributed by atoms with Crippen LogP contribution >= 0.6 is 0 Å². The van der Waals surface area contributed by atoms with Gasteiger partial charge in [0.25, 0.3) is 0 Å². The monoisotopic (exact) mass is 478 g/mol. The number of carboxylic acids is 1. The quantitative estimate of drug-likeness (QED) is 0.537. The Morgan fingerprint density at radius 1 is 1.03 bits per heavy atom. The van der Waals surface area contributed by atoms with Gasteiger partial charge in [-0.1, -0.05) is 48.5 Å². The zero-order valence-electron chi connectivity index (χ0n) is 19.4. The Morgan fingerprint density at radius 2 is 1.71 bits per heavy atom. The standard InChI is InChI=1S/C27H30N2O6/c30-25(31)12-24(26(32)28-13-16-9-10-18-11-17(16)14-34-18)29-27(33)35-15-23-21-7-3-1-5-19(21)20-6-2-4-8-22(20)23/h1-8,16-18,23-24H,9-15H2,(H,28,32)(H,29,33)(H,30,31). The van der Waals surface area contributed by atoms with Crippen LogP contribution in [0.4, 0.5) is 4.79 Å². The van der Waals surface area contributed by atoms with Gasteiger partial charge >= 0.3 is 12.1 Å². The van der Waals surface area contributed by atoms with Crippen molar-refractivity contribution >= 4 is 18.0 Å². The Balaban J connectivity index is 1.18. The highest BCUT2D eigenvalue weighted by atomic mass is 16.5. The van der Waals surface area contributed by atoms with Crippen LogP contribution in [0.25, 0.3) is 11.1 Å². The Kier molecular flexibility index (Phi) is 6.72. The molecule has 2 bridgehead atoms. The number of aliphatic carboxylic acids is 1. The molecule has 8 nitrogen and oxygen atoms in total. The van der Waals surface area contributed by atoms with E-state index in [2.05, 4.69) is 10.6 Å². The Labute approximate surface area is 204 Å². The number of alkyl carbamates (subject to hydrolysis) is 1. The summed E-state index contributed by atoms with van der Waals surface area (Å²) in [5, 5.41) is 14.6. The molecule has 4 atom stereocenters. The molecule has 8 heteroatoms. The molecule has 2 aliphatic carbocycles. The van der Waals surface area contributed by atoms with Crippen molar-refractivity contribution in [3.63, 3.8) is 0 Å². The van der Waals surface area contributed by atoms with E-state index < -0.39 is 30.4 Å². The van der Waals surface area contributed by atoms with E-state index in [9.17, 15) is 19.5 Å². The molecule has 2 aromatic carbocycles. The maximum absolute atomic E-state index is 12.8. The number of carboxylic acid groups (broad SMARTS) is 1. The summed E-state index contributed by atoms with van der Waals surface area (Å²) in [5.41, 5.74) is 4.38. The minimum absolute atomic E-state index is 0.0895. The van der Waals surface area contributed by atoms with Crippen LogP contribution < -0.4 is 10.6 Å². The van der Waals surface area contributed by atoms with Gasteiger partial charge in [0.2, 0.25) is 5.91 Å². The van der Waals surface area contributed by atoms with Gasteiger partial charge in [-0.3, -0.25) is 9.59 Å². The highest BCUT2D eigenvalue weighted by Crippen LogP contribution is 2.44. The molecule has 184 valence electrons. The molecule has 4 unspecified atom stereocenters. The van der Waals surface area contributed by atoms with Crippen molar-refractivity contribution in [2.45, 2.75) is 43.7 Å². The van der Waals surface area contributed by atoms with Gasteiger partial charge in [-0.15, -0.1) is 0 Å². The molecule has 0 spiro atoms. The van der Waals surface area contributed by atoms with Gasteiger partial charge in [0, 0.05) is 12.5 Å². The molecule has 35 heavy (non-hydrogen) atoms. The average molecular weight is 479 g/mol. The largest absolute Gasteiger partial charge is 0.481 e. The van der Waals surface area contributed by atoms with E-state index in [-0.39, 0.29) is 12.5 Å². The van der Waals surface area contributed by atoms with Gasteiger partial charge in [-0.25, -0.2) is 4.79 Å². The van der Waals surface area contributed by atoms with E-state index >= 15 is 0 Å². The normalized spacial score (nSPS) is 23.1. The molecule has 0 aromatic heterocycles. The third kappa shape index (κ3) is 5.03. The molecule has 1 saturated heterocycles. The van der Waals surface area contributed by atoms with E-state index in [0.717, 1.165) is 41.5 Å². The van der Waals surface area contributed by atoms with Crippen LogP contribution in [0.1, 0.15) is 42.7 Å². The van der Waals surface area contributed by atoms with Gasteiger partial charge in [-0.2, -0.15) is 0 Å². The molecule has 0 radical (unpaired) electrons. The fraction of sp³-hybridized carbons (Fsp3) is 0.444. The molecule has 1 saturated carbocycles. The van der Waals surface area contributed by atoms with Gasteiger partial charge in [0.1, 0.15) is 12.6 Å². The Bertz CT molecular complexity index is 1070. The highest BCUT2D eigenvalue weighted by molar-refractivity contribution is 5.89. The summed E-state index contributed by atoms with van der Waals surface area (Å²) in [5.74, 6) is -1.08. The topological polar surface area (TPSA) is 114 Å². The van der Waals surface area contributed by atoms with Gasteiger partial charge in [0.15, 0.2) is 0 Å². The molecule has 5 rings (SSSR count). The van der Waals surface area contributed by atoms with Crippen molar-refractivity contribution in [3.05, 3.63) is 59.7 Å². The number of carbonyl (C=O) groups excluding carboxylic acids is 2. The molecular formula is C27H30N2O6. The lowest BCUT2D eigenvalue weighted by molar-refractivity contribution is -0.139. The van der Waals surface area contributed by atoms with E-state index in [1.165, 1.54) is 0 Å². The molecule has 3 N–H and O–H groups in total. The molecule has 2 fully saturated rings. The SMILES string of the molecule is O=C(O)CC(NC(=O)OCC1c2ccccc2-c2ccccc21)C(=O)NCC1CCC2CC1CO2. The maximum atomic E-state index is 12.8. The van der Waals surface area contributed by atoms with Crippen LogP contribution in [0, 0.1) is 11.8 Å². The first-order chi connectivity index (χ1) is 17.0. The maximum Gasteiger partial charge on any atom is 0.407 e. The predicted molar refractivity (Wildman–Crippen MR) is 128 cm³/mol. The second kappa shape index (κ2) is 10.1. The van der Waals surface area contributed by atoms with Crippen molar-refractivity contribution in [2.75, 3.05) is 19.8 Å². The number of nitrogens with one attached hydrogen (secondary N) is 2. The zero-order chi connectivity index (χ0) is 24.4. The summed E-state index contributed by atoms with van der Waals surface area (Å²) in [6.45, 7) is 1.25. The van der Waals surface area contributed by atoms with Crippen molar-refractivity contribution in [3.8, 4) is 11.1 Å². The average Bonchev–Trinajstić information content (AvgIpc) is 3.39. The number of ether oxygens (including phenoxy) is 2. The molecule has 3 aliphatic rings. The Hall–Kier alpha value is -3.39. The van der Waals surface area contributed by atoms with Gasteiger partial charge < -0.3 is 25.2 Å². The van der Waals surface area contributed by atoms with E-state index in [1.54, 1.807) is 0 Å². The smallest absolute Gasteiger partial charge is 0.407 e. The molecule has 2 aromatic rings. The first-order valence-electron chi connectivity index (χ1n) is 12.2. The molecular weight excluding hydrogens is 448 g/mol. The fourth-order valence-electron chi connectivity index (χ4n) is 5.69. The number of carbonyl (C=O) groups is 3. The first kappa shape index (κ1) is 23.4. The number of rotatable bonds is 8. The van der Waals surface area contributed by atoms with E-state index in [0.29, 0.717) is 31.1 Å². The number of benzene rings is 2. The summed E-state index contributed by atoms with van der Waals surface area (Å²) < 4.78 is 11.2. The van der Waals surface area contributed by atoms with Crippen molar-refractivity contribution in [2.24, 2.45) is 11.8 Å². The highest BCUT2D eigenvalue weighted by Gasteiger charge is 2.37. The summed E-state index contributed by atoms with van der Waals surface area (Å²) in [7, 11) is 0. The minimum Gasteiger partial charge on any atom is -0.481 e. The fourth-order valence-corrected chi connectivity index (χ4v) is 5.69. The predicted octanol–water partition coefficient (Wildman–Crippen LogP) is 3.30. The molecule has 1 aliphatic heterocycles. The third-order valence-corrected chi connectivity index (χ3v) is 7.51. The van der Waals surface area contributed by atoms with Crippen LogP contribution in [-0.4, -0.2) is 55.0 Å². The van der Waals surface area contributed by atoms with E-state index in [1.807, 2.05) is 48.5 Å². The number of hydrogen-bond acceptors (Lipinski definition) is 5. The summed E-state index contributed by atoms with van der Waals surface area (Å²) >= 11 is 0. The lowest BCUT2D eigenvalue weighted by Gasteiger charge is -2.27. The van der Waals surface area contributed by atoms with Crippen LogP contribution in [0.3, 0.4) is 0 Å². The minimum atomic E-state index is -1.21. The third-order valence-electron chi connectivity index (χ3n) is 7.51. The van der Waals surface area contributed by atoms with Crippen LogP contribution in [0.2, 0.25) is 0 Å². The van der Waals surface area contributed by atoms with Crippen molar-refractivity contribution in [1.29, 1.82) is 0 Å². The summed E-state index contributed by atoms with van der Waals surface area (Å²) in [6, 6.07) is 14.8. The van der Waals surface area contributed by atoms with E-state index in [4.69, 9.17) is 9.47 Å². The van der Waals surface area contributed by atoms with Crippen LogP contribution in [-0.2, 0) is 19.1 Å².